The molecule has 0 aromatic heterocycles. The van der Waals surface area contributed by atoms with Crippen LogP contribution >= 0.6 is 0 Å². The van der Waals surface area contributed by atoms with Crippen molar-refractivity contribution in [3.63, 3.8) is 0 Å². The second kappa shape index (κ2) is 14.8. The van der Waals surface area contributed by atoms with Crippen LogP contribution in [0.3, 0.4) is 0 Å². The molecule has 4 rings (SSSR count). The van der Waals surface area contributed by atoms with Gasteiger partial charge in [-0.3, -0.25) is 0 Å². The van der Waals surface area contributed by atoms with Gasteiger partial charge in [0.2, 0.25) is 0 Å². The number of hydrogen-bond donors (Lipinski definition) is 0. The van der Waals surface area contributed by atoms with Gasteiger partial charge in [-0.15, -0.1) is 17.2 Å². The molecule has 0 amide bonds. The topological polar surface area (TPSA) is 0 Å². The van der Waals surface area contributed by atoms with Crippen LogP contribution < -0.4 is 24.8 Å². The van der Waals surface area contributed by atoms with Crippen molar-refractivity contribution in [2.24, 2.45) is 5.92 Å². The molecule has 32 heavy (non-hydrogen) atoms. The molecule has 2 aromatic rings. The van der Waals surface area contributed by atoms with Crippen LogP contribution in [-0.2, 0) is 24.2 Å². The van der Waals surface area contributed by atoms with E-state index in [1.807, 2.05) is 0 Å². The minimum atomic E-state index is 0. The van der Waals surface area contributed by atoms with Crippen molar-refractivity contribution in [2.45, 2.75) is 46.5 Å². The maximum absolute atomic E-state index is 3.72. The summed E-state index contributed by atoms with van der Waals surface area (Å²) in [6.45, 7) is 6.82. The minimum absolute atomic E-state index is 0. The van der Waals surface area contributed by atoms with E-state index in [4.69, 9.17) is 0 Å². The third-order valence-electron chi connectivity index (χ3n) is 5.79. The van der Waals surface area contributed by atoms with Crippen molar-refractivity contribution in [1.29, 1.82) is 0 Å². The molecular formula is C29H31Cl2Zr-. The van der Waals surface area contributed by atoms with Gasteiger partial charge in [0.15, 0.2) is 0 Å². The van der Waals surface area contributed by atoms with E-state index in [-0.39, 0.29) is 24.8 Å². The number of rotatable bonds is 6. The molecule has 3 heteroatoms. The molecule has 1 atom stereocenters. The third-order valence-corrected chi connectivity index (χ3v) is 7.21. The van der Waals surface area contributed by atoms with Crippen molar-refractivity contribution in [2.75, 3.05) is 0 Å². The first-order valence-corrected chi connectivity index (χ1v) is 12.3. The summed E-state index contributed by atoms with van der Waals surface area (Å²) in [7, 11) is 0. The molecule has 0 N–H and O–H groups in total. The molecule has 0 saturated heterocycles. The van der Waals surface area contributed by atoms with E-state index in [0.717, 1.165) is 12.8 Å². The molecule has 0 radical (unpaired) electrons. The van der Waals surface area contributed by atoms with Crippen molar-refractivity contribution in [3.8, 4) is 0 Å². The summed E-state index contributed by atoms with van der Waals surface area (Å²) in [6.07, 6.45) is 15.0. The van der Waals surface area contributed by atoms with Crippen LogP contribution in [0.5, 0.6) is 0 Å². The van der Waals surface area contributed by atoms with Crippen LogP contribution in [0.15, 0.2) is 101 Å². The second-order valence-electron chi connectivity index (χ2n) is 7.62. The van der Waals surface area contributed by atoms with Gasteiger partial charge in [-0.2, -0.15) is 17.2 Å². The summed E-state index contributed by atoms with van der Waals surface area (Å²) < 4.78 is 1.42. The van der Waals surface area contributed by atoms with Crippen molar-refractivity contribution in [3.05, 3.63) is 118 Å². The third kappa shape index (κ3) is 7.11. The Morgan fingerprint density at radius 1 is 0.875 bits per heavy atom. The molecule has 0 aliphatic heterocycles. The number of halogens is 2. The summed E-state index contributed by atoms with van der Waals surface area (Å²) in [5, 5.41) is 0. The zero-order chi connectivity index (χ0) is 21.3. The molecule has 2 aliphatic rings. The molecule has 0 saturated carbocycles. The Balaban J connectivity index is 0.000000303. The molecule has 0 nitrogen and oxygen atoms in total. The van der Waals surface area contributed by atoms with E-state index < -0.39 is 0 Å². The van der Waals surface area contributed by atoms with Gasteiger partial charge in [-0.1, -0.05) is 58.1 Å². The summed E-state index contributed by atoms with van der Waals surface area (Å²) in [6, 6.07) is 21.1. The van der Waals surface area contributed by atoms with Gasteiger partial charge in [-0.25, -0.2) is 0 Å². The first-order valence-electron chi connectivity index (χ1n) is 11.1. The van der Waals surface area contributed by atoms with Gasteiger partial charge in [0.05, 0.1) is 0 Å². The number of allylic oxidation sites excluding steroid dienone is 8. The number of benzene rings is 2. The fraction of sp³-hybridized carbons (Fsp3) is 0.276. The van der Waals surface area contributed by atoms with Crippen LogP contribution in [0.4, 0.5) is 0 Å². The standard InChI is InChI=1S/C16H21.C13H10.2ClH.Zr/c1-4-12-11-16(13-9-7-8-10-13)15(6-3)14(12)5-2;1-3-7-12(8-4-1)11-13-9-5-2-6-10-13;;;/h7-9,12H,4-6,10H2,1-3H3;1-10H;2*1H;/q-1;;;;+2/p-2. The zero-order valence-corrected chi connectivity index (χ0v) is 23.1. The molecular weight excluding hydrogens is 510 g/mol. The Morgan fingerprint density at radius 2 is 1.44 bits per heavy atom. The van der Waals surface area contributed by atoms with Crippen molar-refractivity contribution >= 4 is 3.21 Å². The fourth-order valence-electron chi connectivity index (χ4n) is 4.23. The second-order valence-corrected chi connectivity index (χ2v) is 8.85. The van der Waals surface area contributed by atoms with Gasteiger partial charge in [-0.05, 0) is 6.42 Å². The summed E-state index contributed by atoms with van der Waals surface area (Å²) in [4.78, 5) is 0. The maximum atomic E-state index is 3.72. The van der Waals surface area contributed by atoms with Gasteiger partial charge >= 0.3 is 99.2 Å². The molecule has 0 fully saturated rings. The van der Waals surface area contributed by atoms with Gasteiger partial charge < -0.3 is 24.8 Å². The molecule has 0 spiro atoms. The van der Waals surface area contributed by atoms with Crippen molar-refractivity contribution in [1.82, 2.24) is 0 Å². The predicted molar refractivity (Wildman–Crippen MR) is 126 cm³/mol. The van der Waals surface area contributed by atoms with Crippen LogP contribution in [0, 0.1) is 12.0 Å². The molecule has 2 aliphatic carbocycles. The fourth-order valence-corrected chi connectivity index (χ4v) is 5.05. The average Bonchev–Trinajstić information content (AvgIpc) is 3.47. The molecule has 166 valence electrons. The van der Waals surface area contributed by atoms with Crippen LogP contribution in [0.1, 0.15) is 57.6 Å². The quantitative estimate of drug-likeness (QED) is 0.488. The Kier molecular flexibility index (Phi) is 13.3. The summed E-state index contributed by atoms with van der Waals surface area (Å²) in [5.74, 6) is 0.580. The molecule has 0 heterocycles. The predicted octanol–water partition coefficient (Wildman–Crippen LogP) is 1.57. The SMILES string of the molecule is CCC1=C(CC)C(CC)[C-]=C1C1=CC=CC1.[Cl-].[Cl-].[Zr+2]=[C](c1ccccc1)c1ccccc1. The van der Waals surface area contributed by atoms with Crippen LogP contribution in [0.25, 0.3) is 0 Å². The first kappa shape index (κ1) is 28.8. The van der Waals surface area contributed by atoms with E-state index in [0.29, 0.717) is 5.92 Å². The molecule has 2 aromatic carbocycles. The van der Waals surface area contributed by atoms with Crippen LogP contribution in [0.2, 0.25) is 0 Å². The normalized spacial score (nSPS) is 16.3. The van der Waals surface area contributed by atoms with E-state index >= 15 is 0 Å². The zero-order valence-electron chi connectivity index (χ0n) is 19.2. The summed E-state index contributed by atoms with van der Waals surface area (Å²) >= 11 is 1.46. The monoisotopic (exact) mass is 539 g/mol. The van der Waals surface area contributed by atoms with Crippen LogP contribution in [-0.4, -0.2) is 3.21 Å². The van der Waals surface area contributed by atoms with Gasteiger partial charge in [0, 0.05) is 0 Å². The van der Waals surface area contributed by atoms with E-state index in [1.54, 1.807) is 11.1 Å². The van der Waals surface area contributed by atoms with Gasteiger partial charge in [0.25, 0.3) is 0 Å². The molecule has 1 unspecified atom stereocenters. The Bertz CT molecular complexity index is 941. The molecule has 0 bridgehead atoms. The first-order chi connectivity index (χ1) is 14.7. The van der Waals surface area contributed by atoms with E-state index in [2.05, 4.69) is 106 Å². The van der Waals surface area contributed by atoms with Crippen molar-refractivity contribution < 1.29 is 49.0 Å². The van der Waals surface area contributed by atoms with E-state index in [9.17, 15) is 0 Å². The number of hydrogen-bond acceptors (Lipinski definition) is 0. The Morgan fingerprint density at radius 3 is 1.84 bits per heavy atom. The Hall–Kier alpha value is -1.27. The summed E-state index contributed by atoms with van der Waals surface area (Å²) in [5.41, 5.74) is 8.76. The Labute approximate surface area is 221 Å². The van der Waals surface area contributed by atoms with Gasteiger partial charge in [0.1, 0.15) is 0 Å². The average molecular weight is 542 g/mol. The van der Waals surface area contributed by atoms with E-state index in [1.165, 1.54) is 62.6 Å².